The summed E-state index contributed by atoms with van der Waals surface area (Å²) in [4.78, 5) is 37.4. The number of carbonyl (C=O) groups is 3. The number of amides is 2. The molecule has 2 unspecified atom stereocenters. The van der Waals surface area contributed by atoms with Gasteiger partial charge in [-0.15, -0.1) is 0 Å². The normalized spacial score (nSPS) is 26.1. The second-order valence-electron chi connectivity index (χ2n) is 9.63. The Kier molecular flexibility index (Phi) is 5.73. The maximum atomic E-state index is 14.4. The minimum absolute atomic E-state index is 0.0610. The van der Waals surface area contributed by atoms with E-state index in [1.165, 1.54) is 4.90 Å². The van der Waals surface area contributed by atoms with Crippen LogP contribution >= 0.6 is 0 Å². The van der Waals surface area contributed by atoms with Crippen LogP contribution in [0.3, 0.4) is 0 Å². The van der Waals surface area contributed by atoms with Gasteiger partial charge >= 0.3 is 12.1 Å². The number of hydrogen-bond donors (Lipinski definition) is 2. The van der Waals surface area contributed by atoms with Gasteiger partial charge in [0.2, 0.25) is 5.91 Å². The van der Waals surface area contributed by atoms with Crippen molar-refractivity contribution in [1.29, 1.82) is 0 Å². The molecular weight excluding hydrogens is 458 g/mol. The second-order valence-corrected chi connectivity index (χ2v) is 9.63. The molecule has 1 heterocycles. The molecule has 2 aromatic carbocycles. The number of nitrogens with zero attached hydrogens (tertiary/aromatic N) is 1. The van der Waals surface area contributed by atoms with E-state index in [1.54, 1.807) is 6.92 Å². The Labute approximate surface area is 201 Å². The van der Waals surface area contributed by atoms with Crippen LogP contribution in [0, 0.1) is 23.7 Å². The topological polar surface area (TPSA) is 95.9 Å². The Balaban J connectivity index is 1.16. The molecule has 2 aromatic rings. The highest BCUT2D eigenvalue weighted by Gasteiger charge is 2.72. The van der Waals surface area contributed by atoms with Gasteiger partial charge in [-0.1, -0.05) is 55.5 Å². The van der Waals surface area contributed by atoms with Crippen molar-refractivity contribution in [3.8, 4) is 11.1 Å². The van der Waals surface area contributed by atoms with E-state index in [-0.39, 0.29) is 31.5 Å². The lowest BCUT2D eigenvalue weighted by molar-refractivity contribution is -0.142. The van der Waals surface area contributed by atoms with Crippen LogP contribution in [0.4, 0.5) is 13.6 Å². The van der Waals surface area contributed by atoms with E-state index in [1.807, 2.05) is 48.5 Å². The van der Waals surface area contributed by atoms with Gasteiger partial charge in [-0.05, 0) is 28.2 Å². The first kappa shape index (κ1) is 23.3. The number of aliphatic carboxylic acids is 1. The fourth-order valence-electron chi connectivity index (χ4n) is 5.49. The highest BCUT2D eigenvalue weighted by molar-refractivity contribution is 5.85. The molecular formula is C26H26F2N2O5. The van der Waals surface area contributed by atoms with E-state index in [9.17, 15) is 28.3 Å². The molecule has 2 amide bonds. The number of alkyl carbamates (subject to hydrolysis) is 1. The quantitative estimate of drug-likeness (QED) is 0.654. The Morgan fingerprint density at radius 1 is 1.06 bits per heavy atom. The fraction of sp³-hybridized carbons (Fsp3) is 0.423. The van der Waals surface area contributed by atoms with Gasteiger partial charge in [-0.25, -0.2) is 13.6 Å². The van der Waals surface area contributed by atoms with Crippen molar-refractivity contribution in [2.45, 2.75) is 18.8 Å². The average Bonchev–Trinajstić information content (AvgIpc) is 3.11. The molecule has 1 saturated carbocycles. The first-order chi connectivity index (χ1) is 16.7. The van der Waals surface area contributed by atoms with Crippen molar-refractivity contribution in [3.63, 3.8) is 0 Å². The van der Waals surface area contributed by atoms with Gasteiger partial charge in [0.15, 0.2) is 0 Å². The van der Waals surface area contributed by atoms with Crippen LogP contribution in [-0.2, 0) is 14.3 Å². The van der Waals surface area contributed by atoms with E-state index in [0.29, 0.717) is 0 Å². The summed E-state index contributed by atoms with van der Waals surface area (Å²) < 4.78 is 34.1. The molecule has 7 nitrogen and oxygen atoms in total. The summed E-state index contributed by atoms with van der Waals surface area (Å²) in [5.74, 6) is -9.16. The van der Waals surface area contributed by atoms with Crippen molar-refractivity contribution in [2.24, 2.45) is 23.7 Å². The number of carboxylic acid groups (broad SMARTS) is 1. The number of alkyl halides is 2. The van der Waals surface area contributed by atoms with Gasteiger partial charge in [0.05, 0.1) is 11.8 Å². The third-order valence-corrected chi connectivity index (χ3v) is 7.52. The molecule has 35 heavy (non-hydrogen) atoms. The van der Waals surface area contributed by atoms with Crippen molar-refractivity contribution < 1.29 is 33.0 Å². The summed E-state index contributed by atoms with van der Waals surface area (Å²) in [6.07, 6.45) is -0.818. The molecule has 0 spiro atoms. The number of carbonyl (C=O) groups excluding carboxylic acids is 2. The second kappa shape index (κ2) is 8.62. The number of rotatable bonds is 6. The summed E-state index contributed by atoms with van der Waals surface area (Å²) in [6, 6.07) is 15.7. The monoisotopic (exact) mass is 484 g/mol. The smallest absolute Gasteiger partial charge is 0.407 e. The van der Waals surface area contributed by atoms with Crippen molar-refractivity contribution in [1.82, 2.24) is 10.2 Å². The average molecular weight is 484 g/mol. The molecule has 2 aliphatic carbocycles. The number of benzene rings is 2. The largest absolute Gasteiger partial charge is 0.481 e. The van der Waals surface area contributed by atoms with Gasteiger partial charge in [0, 0.05) is 25.6 Å². The Morgan fingerprint density at radius 2 is 1.66 bits per heavy atom. The van der Waals surface area contributed by atoms with E-state index in [2.05, 4.69) is 5.32 Å². The van der Waals surface area contributed by atoms with Crippen molar-refractivity contribution in [3.05, 3.63) is 59.7 Å². The number of fused-ring (bicyclic) bond motifs is 3. The van der Waals surface area contributed by atoms with Crippen LogP contribution in [0.2, 0.25) is 0 Å². The van der Waals surface area contributed by atoms with E-state index in [4.69, 9.17) is 4.74 Å². The van der Waals surface area contributed by atoms with Crippen LogP contribution < -0.4 is 5.32 Å². The van der Waals surface area contributed by atoms with Gasteiger partial charge in [0.25, 0.3) is 5.92 Å². The number of carboxylic acids is 1. The molecule has 0 bridgehead atoms. The molecule has 184 valence electrons. The van der Waals surface area contributed by atoms with Gasteiger partial charge in [-0.2, -0.15) is 0 Å². The van der Waals surface area contributed by atoms with Crippen LogP contribution in [0.1, 0.15) is 24.0 Å². The molecule has 3 aliphatic rings. The predicted molar refractivity (Wildman–Crippen MR) is 122 cm³/mol. The third-order valence-electron chi connectivity index (χ3n) is 7.52. The zero-order valence-corrected chi connectivity index (χ0v) is 19.1. The summed E-state index contributed by atoms with van der Waals surface area (Å²) in [5.41, 5.74) is 4.25. The molecule has 4 atom stereocenters. The zero-order valence-electron chi connectivity index (χ0n) is 19.1. The molecule has 9 heteroatoms. The Hall–Kier alpha value is -3.49. The van der Waals surface area contributed by atoms with Crippen LogP contribution in [-0.4, -0.2) is 60.1 Å². The van der Waals surface area contributed by atoms with Crippen LogP contribution in [0.25, 0.3) is 11.1 Å². The number of nitrogens with one attached hydrogen (secondary N) is 1. The van der Waals surface area contributed by atoms with Gasteiger partial charge in [0.1, 0.15) is 12.5 Å². The summed E-state index contributed by atoms with van der Waals surface area (Å²) in [5, 5.41) is 11.6. The lowest BCUT2D eigenvalue weighted by atomic mass is 9.98. The summed E-state index contributed by atoms with van der Waals surface area (Å²) in [6.45, 7) is 1.41. The predicted octanol–water partition coefficient (Wildman–Crippen LogP) is 3.59. The van der Waals surface area contributed by atoms with Crippen molar-refractivity contribution in [2.75, 3.05) is 26.2 Å². The number of likely N-dealkylation sites (tertiary alicyclic amines) is 1. The summed E-state index contributed by atoms with van der Waals surface area (Å²) in [7, 11) is 0. The minimum atomic E-state index is -3.25. The number of ether oxygens (including phenoxy) is 1. The van der Waals surface area contributed by atoms with Crippen molar-refractivity contribution >= 4 is 18.0 Å². The molecule has 5 rings (SSSR count). The molecule has 0 aromatic heterocycles. The number of halogens is 2. The van der Waals surface area contributed by atoms with E-state index >= 15 is 0 Å². The first-order valence-electron chi connectivity index (χ1n) is 11.7. The Morgan fingerprint density at radius 3 is 2.23 bits per heavy atom. The SMILES string of the molecule is C[C@@H]1CN(C(=O)C2C(CNC(=O)OCC3c4ccccc4-c4ccccc43)C2(F)F)C[C@H]1C(=O)O. The molecule has 2 fully saturated rings. The molecule has 2 N–H and O–H groups in total. The van der Waals surface area contributed by atoms with Gasteiger partial charge in [-0.3, -0.25) is 9.59 Å². The minimum Gasteiger partial charge on any atom is -0.481 e. The molecule has 1 saturated heterocycles. The highest BCUT2D eigenvalue weighted by atomic mass is 19.3. The zero-order chi connectivity index (χ0) is 24.9. The summed E-state index contributed by atoms with van der Waals surface area (Å²) >= 11 is 0. The third kappa shape index (κ3) is 4.02. The lowest BCUT2D eigenvalue weighted by Gasteiger charge is -2.16. The maximum absolute atomic E-state index is 14.4. The Bertz CT molecular complexity index is 1140. The molecule has 0 radical (unpaired) electrons. The van der Waals surface area contributed by atoms with Crippen LogP contribution in [0.5, 0.6) is 0 Å². The van der Waals surface area contributed by atoms with Crippen LogP contribution in [0.15, 0.2) is 48.5 Å². The van der Waals surface area contributed by atoms with E-state index < -0.39 is 48.2 Å². The number of hydrogen-bond acceptors (Lipinski definition) is 4. The first-order valence-corrected chi connectivity index (χ1v) is 11.7. The fourth-order valence-corrected chi connectivity index (χ4v) is 5.49. The standard InChI is InChI=1S/C26H26F2N2O5/c1-14-11-30(12-19(14)24(32)33)23(31)22-21(26(22,27)28)10-29-25(34)35-13-20-17-8-4-2-6-15(17)16-7-3-5-9-18(16)20/h2-9,14,19-22H,10-13H2,1H3,(H,29,34)(H,32,33)/t14-,19-,21?,22?/m1/s1. The van der Waals surface area contributed by atoms with Gasteiger partial charge < -0.3 is 20.1 Å². The lowest BCUT2D eigenvalue weighted by Crippen LogP contribution is -2.33. The van der Waals surface area contributed by atoms with E-state index in [0.717, 1.165) is 22.3 Å². The maximum Gasteiger partial charge on any atom is 0.407 e. The molecule has 1 aliphatic heterocycles. The highest BCUT2D eigenvalue weighted by Crippen LogP contribution is 2.56.